The first-order chi connectivity index (χ1) is 7.57. The van der Waals surface area contributed by atoms with Crippen LogP contribution in [-0.2, 0) is 9.53 Å². The van der Waals surface area contributed by atoms with E-state index in [9.17, 15) is 18.4 Å². The third-order valence-corrected chi connectivity index (χ3v) is 1.78. The van der Waals surface area contributed by atoms with Crippen molar-refractivity contribution in [2.45, 2.75) is 6.43 Å². The number of hydrogen-bond donors (Lipinski definition) is 0. The highest BCUT2D eigenvalue weighted by atomic mass is 19.3. The number of para-hydroxylation sites is 1. The molecule has 2 amide bonds. The summed E-state index contributed by atoms with van der Waals surface area (Å²) in [5.41, 5.74) is 0.0413. The lowest BCUT2D eigenvalue weighted by Gasteiger charge is -2.18. The zero-order valence-electron chi connectivity index (χ0n) is 8.39. The number of methoxy groups -OCH3 is 1. The first-order valence-electron chi connectivity index (χ1n) is 4.33. The van der Waals surface area contributed by atoms with Crippen LogP contribution in [0.25, 0.3) is 0 Å². The number of imide groups is 1. The number of amides is 2. The maximum absolute atomic E-state index is 12.3. The molecule has 1 aromatic rings. The second-order valence-corrected chi connectivity index (χ2v) is 2.78. The quantitative estimate of drug-likeness (QED) is 0.779. The van der Waals surface area contributed by atoms with E-state index in [1.165, 1.54) is 24.3 Å². The van der Waals surface area contributed by atoms with Gasteiger partial charge in [-0.25, -0.2) is 9.69 Å². The van der Waals surface area contributed by atoms with Crippen LogP contribution in [0.4, 0.5) is 19.3 Å². The lowest BCUT2D eigenvalue weighted by Crippen LogP contribution is -2.40. The van der Waals surface area contributed by atoms with Crippen LogP contribution in [0, 0.1) is 0 Å². The molecule has 0 radical (unpaired) electrons. The number of halogens is 2. The Labute approximate surface area is 90.4 Å². The molecule has 0 saturated heterocycles. The number of ether oxygens (including phenoxy) is 1. The van der Waals surface area contributed by atoms with Gasteiger partial charge in [0, 0.05) is 0 Å². The molecule has 0 unspecified atom stereocenters. The third-order valence-electron chi connectivity index (χ3n) is 1.78. The summed E-state index contributed by atoms with van der Waals surface area (Å²) in [6, 6.07) is 7.38. The fourth-order valence-electron chi connectivity index (χ4n) is 1.09. The molecule has 1 aromatic carbocycles. The monoisotopic (exact) mass is 229 g/mol. The average Bonchev–Trinajstić information content (AvgIpc) is 2.30. The molecule has 0 N–H and O–H groups in total. The summed E-state index contributed by atoms with van der Waals surface area (Å²) < 4.78 is 28.8. The summed E-state index contributed by atoms with van der Waals surface area (Å²) in [5.74, 6) is -1.61. The second-order valence-electron chi connectivity index (χ2n) is 2.78. The van der Waals surface area contributed by atoms with Gasteiger partial charge in [0.2, 0.25) is 0 Å². The molecule has 0 aromatic heterocycles. The zero-order valence-corrected chi connectivity index (χ0v) is 8.39. The van der Waals surface area contributed by atoms with Crippen LogP contribution in [-0.4, -0.2) is 25.5 Å². The summed E-state index contributed by atoms with van der Waals surface area (Å²) >= 11 is 0. The lowest BCUT2D eigenvalue weighted by molar-refractivity contribution is -0.128. The lowest BCUT2D eigenvalue weighted by atomic mass is 10.3. The molecule has 0 saturated carbocycles. The molecule has 0 fully saturated rings. The number of anilines is 1. The SMILES string of the molecule is COC(=O)N(C(=O)C(F)F)c1ccccc1. The van der Waals surface area contributed by atoms with Crippen LogP contribution in [0.3, 0.4) is 0 Å². The summed E-state index contributed by atoms with van der Waals surface area (Å²) in [7, 11) is 1.01. The Hall–Kier alpha value is -1.98. The normalized spacial score (nSPS) is 10.0. The predicted octanol–water partition coefficient (Wildman–Crippen LogP) is 2.05. The molecule has 0 bridgehead atoms. The van der Waals surface area contributed by atoms with E-state index in [0.29, 0.717) is 4.90 Å². The highest BCUT2D eigenvalue weighted by Crippen LogP contribution is 2.16. The van der Waals surface area contributed by atoms with Gasteiger partial charge in [-0.3, -0.25) is 4.79 Å². The van der Waals surface area contributed by atoms with Crippen molar-refractivity contribution in [3.05, 3.63) is 30.3 Å². The molecule has 1 rings (SSSR count). The Kier molecular flexibility index (Phi) is 3.93. The molecule has 0 aliphatic heterocycles. The van der Waals surface area contributed by atoms with Crippen molar-refractivity contribution in [3.63, 3.8) is 0 Å². The van der Waals surface area contributed by atoms with Gasteiger partial charge in [-0.05, 0) is 12.1 Å². The molecule has 6 heteroatoms. The summed E-state index contributed by atoms with van der Waals surface area (Å²) in [6.07, 6.45) is -4.41. The molecule has 0 aliphatic rings. The van der Waals surface area contributed by atoms with E-state index < -0.39 is 18.4 Å². The maximum atomic E-state index is 12.3. The highest BCUT2D eigenvalue weighted by Gasteiger charge is 2.30. The third kappa shape index (κ3) is 2.53. The summed E-state index contributed by atoms with van der Waals surface area (Å²) in [5, 5.41) is 0. The van der Waals surface area contributed by atoms with Crippen LogP contribution in [0.15, 0.2) is 30.3 Å². The second kappa shape index (κ2) is 5.20. The van der Waals surface area contributed by atoms with Gasteiger partial charge >= 0.3 is 18.4 Å². The van der Waals surface area contributed by atoms with Crippen LogP contribution in [0.1, 0.15) is 0 Å². The first kappa shape index (κ1) is 12.1. The van der Waals surface area contributed by atoms with Crippen LogP contribution < -0.4 is 4.90 Å². The Morgan fingerprint density at radius 2 is 1.81 bits per heavy atom. The van der Waals surface area contributed by atoms with Gasteiger partial charge in [0.15, 0.2) is 0 Å². The average molecular weight is 229 g/mol. The Morgan fingerprint density at radius 3 is 2.25 bits per heavy atom. The molecule has 0 atom stereocenters. The van der Waals surface area contributed by atoms with E-state index >= 15 is 0 Å². The molecule has 0 spiro atoms. The topological polar surface area (TPSA) is 46.6 Å². The van der Waals surface area contributed by atoms with Gasteiger partial charge in [-0.15, -0.1) is 0 Å². The van der Waals surface area contributed by atoms with Gasteiger partial charge in [0.05, 0.1) is 12.8 Å². The molecular weight excluding hydrogens is 220 g/mol. The van der Waals surface area contributed by atoms with Crippen molar-refractivity contribution in [2.75, 3.05) is 12.0 Å². The van der Waals surface area contributed by atoms with Crippen molar-refractivity contribution in [1.82, 2.24) is 0 Å². The van der Waals surface area contributed by atoms with Gasteiger partial charge < -0.3 is 4.74 Å². The Bertz CT molecular complexity index is 381. The fraction of sp³-hybridized carbons (Fsp3) is 0.200. The number of carbonyl (C=O) groups is 2. The number of nitrogens with zero attached hydrogens (tertiary/aromatic N) is 1. The number of rotatable bonds is 2. The maximum Gasteiger partial charge on any atom is 0.421 e. The van der Waals surface area contributed by atoms with Crippen molar-refractivity contribution in [2.24, 2.45) is 0 Å². The molecule has 0 aliphatic carbocycles. The first-order valence-corrected chi connectivity index (χ1v) is 4.33. The molecule has 4 nitrogen and oxygen atoms in total. The zero-order chi connectivity index (χ0) is 12.1. The van der Waals surface area contributed by atoms with E-state index in [1.807, 2.05) is 0 Å². The number of benzene rings is 1. The molecule has 0 heterocycles. The van der Waals surface area contributed by atoms with Crippen LogP contribution in [0.5, 0.6) is 0 Å². The van der Waals surface area contributed by atoms with Crippen molar-refractivity contribution in [1.29, 1.82) is 0 Å². The Balaban J connectivity index is 3.07. The van der Waals surface area contributed by atoms with Crippen molar-refractivity contribution in [3.8, 4) is 0 Å². The van der Waals surface area contributed by atoms with Gasteiger partial charge in [0.25, 0.3) is 0 Å². The molecular formula is C10H9F2NO3. The fourth-order valence-corrected chi connectivity index (χ4v) is 1.09. The Morgan fingerprint density at radius 1 is 1.25 bits per heavy atom. The predicted molar refractivity (Wildman–Crippen MR) is 52.3 cm³/mol. The van der Waals surface area contributed by atoms with Gasteiger partial charge in [0.1, 0.15) is 0 Å². The highest BCUT2D eigenvalue weighted by molar-refractivity contribution is 6.13. The molecule has 86 valence electrons. The van der Waals surface area contributed by atoms with Crippen molar-refractivity contribution < 1.29 is 23.1 Å². The standard InChI is InChI=1S/C10H9F2NO3/c1-16-10(15)13(9(14)8(11)12)7-5-3-2-4-6-7/h2-6,8H,1H3. The van der Waals surface area contributed by atoms with E-state index in [1.54, 1.807) is 6.07 Å². The minimum atomic E-state index is -3.26. The number of carbonyl (C=O) groups excluding carboxylic acids is 2. The largest absolute Gasteiger partial charge is 0.452 e. The number of hydrogen-bond acceptors (Lipinski definition) is 3. The van der Waals surface area contributed by atoms with Crippen molar-refractivity contribution >= 4 is 17.7 Å². The van der Waals surface area contributed by atoms with Gasteiger partial charge in [-0.2, -0.15) is 8.78 Å². The minimum Gasteiger partial charge on any atom is -0.452 e. The van der Waals surface area contributed by atoms with E-state index in [0.717, 1.165) is 7.11 Å². The van der Waals surface area contributed by atoms with Crippen LogP contribution >= 0.6 is 0 Å². The van der Waals surface area contributed by atoms with Crippen LogP contribution in [0.2, 0.25) is 0 Å². The number of alkyl halides is 2. The van der Waals surface area contributed by atoms with Gasteiger partial charge in [-0.1, -0.05) is 18.2 Å². The van der Waals surface area contributed by atoms with E-state index in [-0.39, 0.29) is 5.69 Å². The molecule has 16 heavy (non-hydrogen) atoms. The van der Waals surface area contributed by atoms with E-state index in [2.05, 4.69) is 4.74 Å². The minimum absolute atomic E-state index is 0.0413. The smallest absolute Gasteiger partial charge is 0.421 e. The summed E-state index contributed by atoms with van der Waals surface area (Å²) in [4.78, 5) is 22.6. The summed E-state index contributed by atoms with van der Waals surface area (Å²) in [6.45, 7) is 0. The van der Waals surface area contributed by atoms with E-state index in [4.69, 9.17) is 0 Å².